The summed E-state index contributed by atoms with van der Waals surface area (Å²) in [6.07, 6.45) is 11.1. The Balaban J connectivity index is 1.20. The molecule has 0 aliphatic carbocycles. The smallest absolute Gasteiger partial charge is 0.148 e. The zero-order valence-corrected chi connectivity index (χ0v) is 22.9. The molecular formula is C28H28FN5O3S2. The topological polar surface area (TPSA) is 95.6 Å². The summed E-state index contributed by atoms with van der Waals surface area (Å²) >= 11 is 1.52. The number of benzene rings is 2. The maximum absolute atomic E-state index is 13.4. The van der Waals surface area contributed by atoms with Gasteiger partial charge in [0.2, 0.25) is 0 Å². The van der Waals surface area contributed by atoms with Crippen molar-refractivity contribution in [3.8, 4) is 5.75 Å². The number of anilines is 2. The number of aromatic nitrogens is 1. The molecule has 2 aliphatic heterocycles. The SMILES string of the molecule is CS(=O)(=O)CCNCc1nc(N2C=CC3=CNC=C(Nc4ccc(OCc5cccc(F)c5)cc4)C3=C2)cs1. The minimum absolute atomic E-state index is 0.0993. The van der Waals surface area contributed by atoms with Crippen molar-refractivity contribution in [2.75, 3.05) is 28.8 Å². The van der Waals surface area contributed by atoms with E-state index in [2.05, 4.69) is 16.0 Å². The lowest BCUT2D eigenvalue weighted by Crippen LogP contribution is -2.22. The number of thiazole rings is 1. The second-order valence-electron chi connectivity index (χ2n) is 9.06. The van der Waals surface area contributed by atoms with Gasteiger partial charge in [0.25, 0.3) is 0 Å². The van der Waals surface area contributed by atoms with Crippen LogP contribution in [-0.2, 0) is 23.0 Å². The Kier molecular flexibility index (Phi) is 8.10. The van der Waals surface area contributed by atoms with Gasteiger partial charge in [-0.05, 0) is 48.0 Å². The number of hydrogen-bond acceptors (Lipinski definition) is 9. The predicted octanol–water partition coefficient (Wildman–Crippen LogP) is 4.65. The van der Waals surface area contributed by atoms with Crippen LogP contribution in [0.2, 0.25) is 0 Å². The van der Waals surface area contributed by atoms with Gasteiger partial charge in [-0.3, -0.25) is 0 Å². The van der Waals surface area contributed by atoms with Crippen LogP contribution in [0.4, 0.5) is 15.9 Å². The molecule has 2 aromatic carbocycles. The number of allylic oxidation sites excluding steroid dienone is 2. The van der Waals surface area contributed by atoms with Gasteiger partial charge in [0, 0.05) is 66.4 Å². The summed E-state index contributed by atoms with van der Waals surface area (Å²) in [5, 5.41) is 12.6. The standard InChI is InChI=1S/C28H28FN5O3S2/c1-39(35,36)12-10-30-16-28-33-27(19-38-28)34-11-9-21-14-31-15-26(25(21)17-34)32-23-5-7-24(8-6-23)37-18-20-3-2-4-22(29)13-20/h2-9,11,13-15,17,19,30-32H,10,12,16,18H2,1H3. The van der Waals surface area contributed by atoms with Crippen LogP contribution >= 0.6 is 11.3 Å². The van der Waals surface area contributed by atoms with Crippen molar-refractivity contribution in [1.82, 2.24) is 15.6 Å². The van der Waals surface area contributed by atoms with Crippen molar-refractivity contribution in [2.45, 2.75) is 13.2 Å². The molecule has 0 unspecified atom stereocenters. The highest BCUT2D eigenvalue weighted by Gasteiger charge is 2.19. The molecule has 0 saturated carbocycles. The van der Waals surface area contributed by atoms with Gasteiger partial charge in [-0.25, -0.2) is 17.8 Å². The Morgan fingerprint density at radius 1 is 1.15 bits per heavy atom. The van der Waals surface area contributed by atoms with Crippen molar-refractivity contribution < 1.29 is 17.5 Å². The number of fused-ring (bicyclic) bond motifs is 1. The van der Waals surface area contributed by atoms with Gasteiger partial charge in [0.15, 0.2) is 0 Å². The van der Waals surface area contributed by atoms with Gasteiger partial charge >= 0.3 is 0 Å². The molecule has 0 spiro atoms. The fraction of sp³-hybridized carbons (Fsp3) is 0.179. The van der Waals surface area contributed by atoms with E-state index >= 15 is 0 Å². The van der Waals surface area contributed by atoms with Crippen LogP contribution in [0.3, 0.4) is 0 Å². The van der Waals surface area contributed by atoms with Crippen LogP contribution in [0.5, 0.6) is 5.75 Å². The summed E-state index contributed by atoms with van der Waals surface area (Å²) in [5.41, 5.74) is 4.59. The number of hydrogen-bond donors (Lipinski definition) is 3. The molecule has 0 saturated heterocycles. The van der Waals surface area contributed by atoms with Crippen LogP contribution in [0.1, 0.15) is 10.6 Å². The number of dihydropyridines is 1. The number of ether oxygens (including phenoxy) is 1. The van der Waals surface area contributed by atoms with Gasteiger partial charge in [0.1, 0.15) is 38.8 Å². The van der Waals surface area contributed by atoms with E-state index in [1.807, 2.05) is 71.5 Å². The zero-order chi connectivity index (χ0) is 27.2. The van der Waals surface area contributed by atoms with E-state index in [4.69, 9.17) is 9.72 Å². The average molecular weight is 566 g/mol. The summed E-state index contributed by atoms with van der Waals surface area (Å²) in [7, 11) is -2.99. The number of halogens is 1. The van der Waals surface area contributed by atoms with Gasteiger partial charge in [-0.15, -0.1) is 11.3 Å². The Hall–Kier alpha value is -3.93. The van der Waals surface area contributed by atoms with Gasteiger partial charge in [0.05, 0.1) is 11.4 Å². The largest absolute Gasteiger partial charge is 0.489 e. The van der Waals surface area contributed by atoms with Crippen molar-refractivity contribution in [1.29, 1.82) is 0 Å². The molecule has 2 aliphatic rings. The molecule has 0 bridgehead atoms. The lowest BCUT2D eigenvalue weighted by atomic mass is 10.0. The normalized spacial score (nSPS) is 14.6. The fourth-order valence-corrected chi connectivity index (χ4v) is 5.20. The van der Waals surface area contributed by atoms with Crippen LogP contribution in [0.25, 0.3) is 0 Å². The monoisotopic (exact) mass is 565 g/mol. The first kappa shape index (κ1) is 26.7. The number of nitrogens with zero attached hydrogens (tertiary/aromatic N) is 2. The Labute approximate surface area is 231 Å². The van der Waals surface area contributed by atoms with Crippen LogP contribution in [0.15, 0.2) is 102 Å². The highest BCUT2D eigenvalue weighted by atomic mass is 32.2. The fourth-order valence-electron chi connectivity index (χ4n) is 3.93. The van der Waals surface area contributed by atoms with Crippen molar-refractivity contribution in [2.24, 2.45) is 0 Å². The third-order valence-corrected chi connectivity index (χ3v) is 7.69. The molecule has 0 fully saturated rings. The van der Waals surface area contributed by atoms with E-state index in [0.29, 0.717) is 18.8 Å². The quantitative estimate of drug-likeness (QED) is 0.289. The first-order chi connectivity index (χ1) is 18.8. The van der Waals surface area contributed by atoms with E-state index < -0.39 is 9.84 Å². The first-order valence-corrected chi connectivity index (χ1v) is 15.2. The third-order valence-electron chi connectivity index (χ3n) is 5.91. The number of rotatable bonds is 11. The minimum atomic E-state index is -2.99. The lowest BCUT2D eigenvalue weighted by molar-refractivity contribution is 0.305. The molecule has 39 heavy (non-hydrogen) atoms. The molecule has 3 heterocycles. The van der Waals surface area contributed by atoms with Gasteiger partial charge in [-0.1, -0.05) is 12.1 Å². The third kappa shape index (κ3) is 7.34. The lowest BCUT2D eigenvalue weighted by Gasteiger charge is -2.26. The minimum Gasteiger partial charge on any atom is -0.489 e. The predicted molar refractivity (Wildman–Crippen MR) is 153 cm³/mol. The maximum atomic E-state index is 13.4. The molecule has 0 atom stereocenters. The molecule has 8 nitrogen and oxygen atoms in total. The van der Waals surface area contributed by atoms with E-state index in [-0.39, 0.29) is 18.2 Å². The van der Waals surface area contributed by atoms with E-state index in [1.165, 1.54) is 29.7 Å². The second kappa shape index (κ2) is 11.9. The van der Waals surface area contributed by atoms with Gasteiger partial charge < -0.3 is 25.6 Å². The summed E-state index contributed by atoms with van der Waals surface area (Å²) in [6.45, 7) is 1.19. The highest BCUT2D eigenvalue weighted by molar-refractivity contribution is 7.90. The van der Waals surface area contributed by atoms with E-state index in [0.717, 1.165) is 38.9 Å². The van der Waals surface area contributed by atoms with Gasteiger partial charge in [-0.2, -0.15) is 0 Å². The van der Waals surface area contributed by atoms with Crippen molar-refractivity contribution in [3.63, 3.8) is 0 Å². The zero-order valence-electron chi connectivity index (χ0n) is 21.2. The number of sulfone groups is 1. The first-order valence-electron chi connectivity index (χ1n) is 12.3. The molecule has 1 aromatic heterocycles. The van der Waals surface area contributed by atoms with Crippen LogP contribution in [0, 0.1) is 5.82 Å². The molecule has 0 amide bonds. The number of nitrogens with one attached hydrogen (secondary N) is 3. The summed E-state index contributed by atoms with van der Waals surface area (Å²) in [6, 6.07) is 14.0. The Morgan fingerprint density at radius 3 is 2.79 bits per heavy atom. The second-order valence-corrected chi connectivity index (χ2v) is 12.3. The molecule has 3 aromatic rings. The highest BCUT2D eigenvalue weighted by Crippen LogP contribution is 2.31. The summed E-state index contributed by atoms with van der Waals surface area (Å²) < 4.78 is 41.8. The Bertz CT molecular complexity index is 1560. The van der Waals surface area contributed by atoms with Crippen LogP contribution < -0.4 is 25.6 Å². The van der Waals surface area contributed by atoms with Crippen molar-refractivity contribution in [3.05, 3.63) is 118 Å². The summed E-state index contributed by atoms with van der Waals surface area (Å²) in [4.78, 5) is 6.66. The van der Waals surface area contributed by atoms with Crippen LogP contribution in [-0.4, -0.2) is 32.0 Å². The molecule has 11 heteroatoms. The maximum Gasteiger partial charge on any atom is 0.148 e. The Morgan fingerprint density at radius 2 is 2.00 bits per heavy atom. The van der Waals surface area contributed by atoms with Crippen molar-refractivity contribution >= 4 is 32.7 Å². The van der Waals surface area contributed by atoms with E-state index in [1.54, 1.807) is 6.07 Å². The molecule has 3 N–H and O–H groups in total. The summed E-state index contributed by atoms with van der Waals surface area (Å²) in [5.74, 6) is 1.30. The molecule has 202 valence electrons. The molecular weight excluding hydrogens is 537 g/mol. The van der Waals surface area contributed by atoms with E-state index in [9.17, 15) is 12.8 Å². The molecule has 5 rings (SSSR count). The molecule has 0 radical (unpaired) electrons. The average Bonchev–Trinajstić information content (AvgIpc) is 3.39.